The molecule has 170 valence electrons. The number of piperidine rings is 1. The van der Waals surface area contributed by atoms with Crippen LogP contribution in [0.1, 0.15) is 46.8 Å². The van der Waals surface area contributed by atoms with Gasteiger partial charge in [-0.2, -0.15) is 0 Å². The number of likely N-dealkylation sites (tertiary alicyclic amines) is 1. The molecule has 2 aromatic heterocycles. The van der Waals surface area contributed by atoms with E-state index < -0.39 is 0 Å². The number of carbonyl (C=O) groups excluding carboxylic acids is 1. The van der Waals surface area contributed by atoms with Crippen LogP contribution in [0.25, 0.3) is 0 Å². The number of nitrogens with one attached hydrogen (secondary N) is 2. The lowest BCUT2D eigenvalue weighted by Gasteiger charge is -2.45. The molecule has 33 heavy (non-hydrogen) atoms. The smallest absolute Gasteiger partial charge is 0.255 e. The lowest BCUT2D eigenvalue weighted by atomic mass is 9.70. The fourth-order valence-electron chi connectivity index (χ4n) is 5.94. The van der Waals surface area contributed by atoms with Crippen molar-refractivity contribution < 1.29 is 4.79 Å². The Labute approximate surface area is 195 Å². The lowest BCUT2D eigenvalue weighted by molar-refractivity contribution is 0.0779. The molecule has 3 heterocycles. The van der Waals surface area contributed by atoms with Gasteiger partial charge >= 0.3 is 0 Å². The first-order valence-corrected chi connectivity index (χ1v) is 11.6. The third kappa shape index (κ3) is 4.00. The van der Waals surface area contributed by atoms with Gasteiger partial charge in [-0.25, -0.2) is 4.98 Å². The highest BCUT2D eigenvalue weighted by molar-refractivity contribution is 5.99. The SMILES string of the molecule is CN1CC(NC(=O)c2cccnc2NCc2ccncc2)C2C(C1)c1ccccc1C2(C)C. The maximum atomic E-state index is 13.5. The summed E-state index contributed by atoms with van der Waals surface area (Å²) in [6.07, 6.45) is 5.24. The zero-order valence-electron chi connectivity index (χ0n) is 19.5. The predicted octanol–water partition coefficient (Wildman–Crippen LogP) is 3.82. The molecule has 6 nitrogen and oxygen atoms in total. The summed E-state index contributed by atoms with van der Waals surface area (Å²) in [5.74, 6) is 1.28. The minimum atomic E-state index is -0.0777. The summed E-state index contributed by atoms with van der Waals surface area (Å²) in [6, 6.07) is 16.4. The van der Waals surface area contributed by atoms with E-state index in [4.69, 9.17) is 0 Å². The Balaban J connectivity index is 1.38. The van der Waals surface area contributed by atoms with Crippen molar-refractivity contribution in [2.75, 3.05) is 25.5 Å². The van der Waals surface area contributed by atoms with Crippen molar-refractivity contribution in [1.29, 1.82) is 0 Å². The van der Waals surface area contributed by atoms with Crippen molar-refractivity contribution in [3.8, 4) is 0 Å². The maximum Gasteiger partial charge on any atom is 0.255 e. The molecule has 2 N–H and O–H groups in total. The van der Waals surface area contributed by atoms with Gasteiger partial charge in [-0.05, 0) is 59.3 Å². The largest absolute Gasteiger partial charge is 0.365 e. The van der Waals surface area contributed by atoms with Gasteiger partial charge in [0.15, 0.2) is 0 Å². The van der Waals surface area contributed by atoms with Crippen LogP contribution in [0.3, 0.4) is 0 Å². The van der Waals surface area contributed by atoms with Crippen LogP contribution in [-0.2, 0) is 12.0 Å². The highest BCUT2D eigenvalue weighted by Crippen LogP contribution is 2.53. The van der Waals surface area contributed by atoms with Crippen molar-refractivity contribution in [2.45, 2.75) is 37.8 Å². The number of hydrogen-bond acceptors (Lipinski definition) is 5. The molecule has 0 saturated carbocycles. The Morgan fingerprint density at radius 2 is 1.85 bits per heavy atom. The third-order valence-corrected chi connectivity index (χ3v) is 7.35. The lowest BCUT2D eigenvalue weighted by Crippen LogP contribution is -2.57. The normalized spacial score (nSPS) is 23.4. The Hall–Kier alpha value is -3.25. The number of likely N-dealkylation sites (N-methyl/N-ethyl adjacent to an activating group) is 1. The van der Waals surface area contributed by atoms with Crippen LogP contribution in [0.2, 0.25) is 0 Å². The van der Waals surface area contributed by atoms with E-state index in [2.05, 4.69) is 70.7 Å². The van der Waals surface area contributed by atoms with Crippen molar-refractivity contribution in [3.63, 3.8) is 0 Å². The summed E-state index contributed by atoms with van der Waals surface area (Å²) in [7, 11) is 2.15. The summed E-state index contributed by atoms with van der Waals surface area (Å²) in [5, 5.41) is 6.72. The number of aromatic nitrogens is 2. The van der Waals surface area contributed by atoms with Gasteiger partial charge in [-0.1, -0.05) is 38.1 Å². The van der Waals surface area contributed by atoms with Crippen molar-refractivity contribution in [1.82, 2.24) is 20.2 Å². The molecule has 1 fully saturated rings. The Morgan fingerprint density at radius 1 is 1.06 bits per heavy atom. The van der Waals surface area contributed by atoms with Gasteiger partial charge in [0, 0.05) is 50.2 Å². The second-order valence-corrected chi connectivity index (χ2v) is 9.85. The quantitative estimate of drug-likeness (QED) is 0.630. The Kier molecular flexibility index (Phi) is 5.62. The van der Waals surface area contributed by atoms with Gasteiger partial charge < -0.3 is 15.5 Å². The zero-order valence-corrected chi connectivity index (χ0v) is 19.5. The Bertz CT molecular complexity index is 1150. The molecule has 3 aromatic rings. The topological polar surface area (TPSA) is 70.2 Å². The molecule has 0 spiro atoms. The molecule has 6 heteroatoms. The number of anilines is 1. The zero-order chi connectivity index (χ0) is 23.0. The number of rotatable bonds is 5. The van der Waals surface area contributed by atoms with Crippen LogP contribution in [0.5, 0.6) is 0 Å². The van der Waals surface area contributed by atoms with Crippen molar-refractivity contribution in [3.05, 3.63) is 89.4 Å². The highest BCUT2D eigenvalue weighted by atomic mass is 16.1. The number of carbonyl (C=O) groups is 1. The first kappa shape index (κ1) is 21.6. The summed E-state index contributed by atoms with van der Waals surface area (Å²) < 4.78 is 0. The number of benzene rings is 1. The minimum absolute atomic E-state index is 0.00215. The number of nitrogens with zero attached hydrogens (tertiary/aromatic N) is 3. The molecule has 1 aromatic carbocycles. The molecule has 1 aliphatic heterocycles. The fraction of sp³-hybridized carbons (Fsp3) is 0.370. The molecule has 3 atom stereocenters. The van der Waals surface area contributed by atoms with E-state index in [0.717, 1.165) is 18.7 Å². The van der Waals surface area contributed by atoms with Crippen LogP contribution in [0.15, 0.2) is 67.1 Å². The first-order valence-electron chi connectivity index (χ1n) is 11.6. The second-order valence-electron chi connectivity index (χ2n) is 9.85. The van der Waals surface area contributed by atoms with Gasteiger partial charge in [0.25, 0.3) is 5.91 Å². The standard InChI is InChI=1S/C27H31N5O/c1-27(2)22-9-5-4-7-19(22)21-16-32(3)17-23(24(21)27)31-26(33)20-8-6-12-29-25(20)30-15-18-10-13-28-14-11-18/h4-14,21,23-24H,15-17H2,1-3H3,(H,29,30)(H,31,33). The van der Waals surface area contributed by atoms with E-state index in [1.807, 2.05) is 24.3 Å². The molecule has 3 unspecified atom stereocenters. The van der Waals surface area contributed by atoms with Gasteiger partial charge in [0.2, 0.25) is 0 Å². The third-order valence-electron chi connectivity index (χ3n) is 7.35. The van der Waals surface area contributed by atoms with Gasteiger partial charge in [0.1, 0.15) is 5.82 Å². The van der Waals surface area contributed by atoms with Crippen LogP contribution < -0.4 is 10.6 Å². The Morgan fingerprint density at radius 3 is 2.67 bits per heavy atom. The number of hydrogen-bond donors (Lipinski definition) is 2. The maximum absolute atomic E-state index is 13.5. The van der Waals surface area contributed by atoms with Gasteiger partial charge in [-0.3, -0.25) is 9.78 Å². The van der Waals surface area contributed by atoms with E-state index in [0.29, 0.717) is 29.8 Å². The number of fused-ring (bicyclic) bond motifs is 3. The van der Waals surface area contributed by atoms with E-state index in [9.17, 15) is 4.79 Å². The van der Waals surface area contributed by atoms with Crippen LogP contribution in [-0.4, -0.2) is 47.0 Å². The van der Waals surface area contributed by atoms with Crippen LogP contribution in [0, 0.1) is 5.92 Å². The minimum Gasteiger partial charge on any atom is -0.365 e. The van der Waals surface area contributed by atoms with Crippen molar-refractivity contribution >= 4 is 11.7 Å². The summed E-state index contributed by atoms with van der Waals surface area (Å²) in [4.78, 5) is 24.4. The van der Waals surface area contributed by atoms with E-state index in [1.54, 1.807) is 18.6 Å². The predicted molar refractivity (Wildman–Crippen MR) is 130 cm³/mol. The molecule has 1 aliphatic carbocycles. The summed E-state index contributed by atoms with van der Waals surface area (Å²) >= 11 is 0. The molecule has 1 amide bonds. The molecule has 0 radical (unpaired) electrons. The average molecular weight is 442 g/mol. The summed E-state index contributed by atoms with van der Waals surface area (Å²) in [5.41, 5.74) is 4.50. The van der Waals surface area contributed by atoms with E-state index >= 15 is 0 Å². The first-order chi connectivity index (χ1) is 15.9. The highest BCUT2D eigenvalue weighted by Gasteiger charge is 2.52. The van der Waals surface area contributed by atoms with E-state index in [-0.39, 0.29) is 17.4 Å². The molecule has 5 rings (SSSR count). The molecule has 1 saturated heterocycles. The molecular formula is C27H31N5O. The number of pyridine rings is 2. The van der Waals surface area contributed by atoms with Crippen LogP contribution >= 0.6 is 0 Å². The fourth-order valence-corrected chi connectivity index (χ4v) is 5.94. The van der Waals surface area contributed by atoms with Gasteiger partial charge in [0.05, 0.1) is 5.56 Å². The molecular weight excluding hydrogens is 410 g/mol. The average Bonchev–Trinajstić information content (AvgIpc) is 3.05. The number of amides is 1. The van der Waals surface area contributed by atoms with E-state index in [1.165, 1.54) is 11.1 Å². The van der Waals surface area contributed by atoms with Crippen molar-refractivity contribution in [2.24, 2.45) is 5.92 Å². The molecule has 0 bridgehead atoms. The van der Waals surface area contributed by atoms with Crippen LogP contribution in [0.4, 0.5) is 5.82 Å². The summed E-state index contributed by atoms with van der Waals surface area (Å²) in [6.45, 7) is 7.09. The monoisotopic (exact) mass is 441 g/mol. The second kappa shape index (κ2) is 8.60. The molecule has 2 aliphatic rings. The van der Waals surface area contributed by atoms with Gasteiger partial charge in [-0.15, -0.1) is 0 Å².